The molecule has 1 spiro atoms. The molecule has 1 aliphatic heterocycles. The fraction of sp³-hybridized carbons (Fsp3) is 0.0370. The van der Waals surface area contributed by atoms with E-state index in [0.717, 1.165) is 66.5 Å². The monoisotopic (exact) mass is 1150 g/mol. The number of hydrogen-bond acceptors (Lipinski definition) is 4. The standard InChI is InChI=1S/C81H50ClNOS2/c82-56-36-39-68-76(45-56)86-75-44-53(77(51-23-8-3-9-24-51)55-42-54-41-52-25-10-11-26-59(52)78(54)63(43-55)49-19-4-1-5-20-49)35-38-67(75)81(68)66-30-15-12-28-61(66)80-69(81)31-18-32-70(80)83(57-37-40-74-65(46-57)60-27-14-17-34-73(60)85-74)58-47-64(50-21-6-2-7-22-50)79-62-29-13-16-33-71(62)84-72(79)48-58/h1-40,42-48,77H,41H2. The zero-order chi connectivity index (χ0) is 56.6. The van der Waals surface area contributed by atoms with Crippen molar-refractivity contribution in [3.63, 3.8) is 0 Å². The zero-order valence-corrected chi connectivity index (χ0v) is 48.9. The maximum absolute atomic E-state index is 7.16. The lowest BCUT2D eigenvalue weighted by molar-refractivity contribution is 0.669. The van der Waals surface area contributed by atoms with Gasteiger partial charge in [0.25, 0.3) is 0 Å². The molecule has 2 nitrogen and oxygen atoms in total. The van der Waals surface area contributed by atoms with Gasteiger partial charge >= 0.3 is 0 Å². The molecule has 5 heteroatoms. The number of thiophene rings is 1. The van der Waals surface area contributed by atoms with E-state index in [1.54, 1.807) is 0 Å². The minimum absolute atomic E-state index is 0.0545. The van der Waals surface area contributed by atoms with Gasteiger partial charge in [0.05, 0.1) is 16.8 Å². The Morgan fingerprint density at radius 2 is 1.07 bits per heavy atom. The van der Waals surface area contributed by atoms with E-state index in [1.807, 2.05) is 23.1 Å². The van der Waals surface area contributed by atoms with Gasteiger partial charge in [-0.25, -0.2) is 0 Å². The number of hydrogen-bond donors (Lipinski definition) is 0. The summed E-state index contributed by atoms with van der Waals surface area (Å²) in [6.45, 7) is 0. The van der Waals surface area contributed by atoms with E-state index in [-0.39, 0.29) is 5.92 Å². The number of rotatable bonds is 8. The third kappa shape index (κ3) is 7.47. The van der Waals surface area contributed by atoms with E-state index in [2.05, 4.69) is 290 Å². The van der Waals surface area contributed by atoms with Crippen molar-refractivity contribution in [2.45, 2.75) is 27.5 Å². The lowest BCUT2D eigenvalue weighted by Gasteiger charge is -2.40. The molecule has 2 aromatic heterocycles. The minimum Gasteiger partial charge on any atom is -0.456 e. The molecule has 3 aliphatic rings. The van der Waals surface area contributed by atoms with Crippen molar-refractivity contribution in [1.29, 1.82) is 0 Å². The molecule has 0 amide bonds. The van der Waals surface area contributed by atoms with Gasteiger partial charge in [0.15, 0.2) is 0 Å². The summed E-state index contributed by atoms with van der Waals surface area (Å²) in [5, 5.41) is 5.42. The average molecular weight is 1150 g/mol. The van der Waals surface area contributed by atoms with Crippen LogP contribution in [0.2, 0.25) is 5.02 Å². The Morgan fingerprint density at radius 1 is 0.395 bits per heavy atom. The van der Waals surface area contributed by atoms with Gasteiger partial charge in [-0.2, -0.15) is 0 Å². The summed E-state index contributed by atoms with van der Waals surface area (Å²) in [6, 6.07) is 106. The summed E-state index contributed by atoms with van der Waals surface area (Å²) in [5.74, 6) is -0.0545. The molecule has 2 atom stereocenters. The molecular weight excluding hydrogens is 1100 g/mol. The van der Waals surface area contributed by atoms with Crippen LogP contribution >= 0.6 is 34.7 Å². The largest absolute Gasteiger partial charge is 0.456 e. The van der Waals surface area contributed by atoms with Crippen LogP contribution in [0.15, 0.2) is 299 Å². The normalized spacial score (nSPS) is 14.7. The van der Waals surface area contributed by atoms with E-state index >= 15 is 0 Å². The Morgan fingerprint density at radius 3 is 1.91 bits per heavy atom. The van der Waals surface area contributed by atoms with Crippen LogP contribution in [0.1, 0.15) is 56.0 Å². The van der Waals surface area contributed by atoms with Crippen LogP contribution in [0.3, 0.4) is 0 Å². The van der Waals surface area contributed by atoms with Crippen molar-refractivity contribution in [2.75, 3.05) is 4.90 Å². The minimum atomic E-state index is -0.708. The fourth-order valence-electron chi connectivity index (χ4n) is 15.0. The Balaban J connectivity index is 0.881. The second-order valence-corrected chi connectivity index (χ2v) is 25.7. The SMILES string of the molecule is Clc1ccc2c(c1)Sc1cc(C(c3ccccc3)c3cc4c(c(-c5ccccc5)c3)-c3ccccc3C4)ccc1C21c2ccccc2-c2c(N(c3cc(-c4ccccc4)c4c(c3)oc3ccccc34)c3ccc4sc5ccccc5c4c3)cccc21. The highest BCUT2D eigenvalue weighted by Crippen LogP contribution is 2.65. The van der Waals surface area contributed by atoms with Crippen LogP contribution in [0.4, 0.5) is 17.1 Å². The van der Waals surface area contributed by atoms with Crippen LogP contribution in [-0.4, -0.2) is 0 Å². The molecule has 15 aromatic rings. The Labute approximate surface area is 511 Å². The third-order valence-corrected chi connectivity index (χ3v) is 21.0. The van der Waals surface area contributed by atoms with Crippen LogP contribution in [0.25, 0.3) is 86.6 Å². The fourth-order valence-corrected chi connectivity index (χ4v) is 17.6. The van der Waals surface area contributed by atoms with Crippen molar-refractivity contribution in [2.24, 2.45) is 0 Å². The van der Waals surface area contributed by atoms with E-state index in [4.69, 9.17) is 16.0 Å². The molecule has 404 valence electrons. The number of furan rings is 1. The van der Waals surface area contributed by atoms with Crippen LogP contribution < -0.4 is 4.90 Å². The first-order valence-corrected chi connectivity index (χ1v) is 31.5. The van der Waals surface area contributed by atoms with Gasteiger partial charge < -0.3 is 9.32 Å². The maximum Gasteiger partial charge on any atom is 0.138 e. The van der Waals surface area contributed by atoms with Gasteiger partial charge in [0.1, 0.15) is 11.2 Å². The summed E-state index contributed by atoms with van der Waals surface area (Å²) in [5.41, 5.74) is 25.5. The molecule has 2 aliphatic carbocycles. The molecule has 0 saturated carbocycles. The average Bonchev–Trinajstić information content (AvgIpc) is 1.49. The first kappa shape index (κ1) is 49.7. The molecule has 0 fully saturated rings. The highest BCUT2D eigenvalue weighted by atomic mass is 35.5. The van der Waals surface area contributed by atoms with Gasteiger partial charge in [-0.1, -0.05) is 236 Å². The van der Waals surface area contributed by atoms with Gasteiger partial charge in [0, 0.05) is 69.0 Å². The van der Waals surface area contributed by atoms with E-state index in [0.29, 0.717) is 0 Å². The number of nitrogens with zero attached hydrogens (tertiary/aromatic N) is 1. The molecule has 0 radical (unpaired) electrons. The molecule has 13 aromatic carbocycles. The lowest BCUT2D eigenvalue weighted by atomic mass is 9.67. The second-order valence-electron chi connectivity index (χ2n) is 23.1. The number of benzene rings is 13. The number of para-hydroxylation sites is 1. The summed E-state index contributed by atoms with van der Waals surface area (Å²) in [6.07, 6.45) is 0.904. The Bertz CT molecular complexity index is 5280. The third-order valence-electron chi connectivity index (χ3n) is 18.5. The second kappa shape index (κ2) is 19.4. The molecule has 2 unspecified atom stereocenters. The van der Waals surface area contributed by atoms with Crippen LogP contribution in [0, 0.1) is 0 Å². The molecule has 3 heterocycles. The van der Waals surface area contributed by atoms with Crippen molar-refractivity contribution in [3.05, 3.63) is 340 Å². The van der Waals surface area contributed by atoms with Crippen molar-refractivity contribution in [1.82, 2.24) is 0 Å². The molecule has 0 bridgehead atoms. The molecule has 0 N–H and O–H groups in total. The summed E-state index contributed by atoms with van der Waals surface area (Å²) >= 11 is 10.8. The first-order chi connectivity index (χ1) is 42.5. The topological polar surface area (TPSA) is 16.4 Å². The number of halogens is 1. The Hall–Kier alpha value is -9.68. The van der Waals surface area contributed by atoms with Gasteiger partial charge in [-0.15, -0.1) is 11.3 Å². The number of anilines is 3. The quantitative estimate of drug-likeness (QED) is 0.141. The van der Waals surface area contributed by atoms with Gasteiger partial charge in [0.2, 0.25) is 0 Å². The van der Waals surface area contributed by atoms with Crippen LogP contribution in [0.5, 0.6) is 0 Å². The smallest absolute Gasteiger partial charge is 0.138 e. The highest BCUT2D eigenvalue weighted by molar-refractivity contribution is 7.99. The Kier molecular flexibility index (Phi) is 11.2. The van der Waals surface area contributed by atoms with Gasteiger partial charge in [-0.05, 0) is 162 Å². The van der Waals surface area contributed by atoms with Crippen molar-refractivity contribution < 1.29 is 4.42 Å². The first-order valence-electron chi connectivity index (χ1n) is 29.5. The van der Waals surface area contributed by atoms with Gasteiger partial charge in [-0.3, -0.25) is 0 Å². The summed E-state index contributed by atoms with van der Waals surface area (Å²) in [7, 11) is 0. The van der Waals surface area contributed by atoms with Crippen molar-refractivity contribution >= 4 is 93.9 Å². The summed E-state index contributed by atoms with van der Waals surface area (Å²) < 4.78 is 9.46. The summed E-state index contributed by atoms with van der Waals surface area (Å²) in [4.78, 5) is 4.88. The maximum atomic E-state index is 7.16. The lowest BCUT2D eigenvalue weighted by Crippen LogP contribution is -2.32. The predicted octanol–water partition coefficient (Wildman–Crippen LogP) is 23.0. The molecule has 0 saturated heterocycles. The molecule has 18 rings (SSSR count). The molecular formula is C81H50ClNOS2. The zero-order valence-electron chi connectivity index (χ0n) is 46.5. The van der Waals surface area contributed by atoms with E-state index in [1.165, 1.54) is 109 Å². The highest BCUT2D eigenvalue weighted by Gasteiger charge is 2.51. The van der Waals surface area contributed by atoms with E-state index < -0.39 is 5.41 Å². The van der Waals surface area contributed by atoms with Crippen LogP contribution in [-0.2, 0) is 11.8 Å². The number of fused-ring (bicyclic) bond motifs is 18. The molecule has 86 heavy (non-hydrogen) atoms. The van der Waals surface area contributed by atoms with Crippen molar-refractivity contribution in [3.8, 4) is 44.5 Å². The predicted molar refractivity (Wildman–Crippen MR) is 361 cm³/mol. The van der Waals surface area contributed by atoms with E-state index in [9.17, 15) is 0 Å².